The molecule has 1 saturated heterocycles. The predicted molar refractivity (Wildman–Crippen MR) is 76.3 cm³/mol. The summed E-state index contributed by atoms with van der Waals surface area (Å²) in [6, 6.07) is 3.79. The lowest BCUT2D eigenvalue weighted by Gasteiger charge is -2.33. The third-order valence-electron chi connectivity index (χ3n) is 3.10. The molecule has 0 amide bonds. The fraction of sp³-hybridized carbons (Fsp3) is 0.583. The molecule has 18 heavy (non-hydrogen) atoms. The second-order valence-electron chi connectivity index (χ2n) is 4.37. The van der Waals surface area contributed by atoms with Crippen LogP contribution in [-0.4, -0.2) is 66.6 Å². The molecular formula is C12H17BrN2O2S. The van der Waals surface area contributed by atoms with Gasteiger partial charge in [0.2, 0.25) is 0 Å². The molecule has 0 unspecified atom stereocenters. The molecule has 0 bridgehead atoms. The van der Waals surface area contributed by atoms with Crippen molar-refractivity contribution < 1.29 is 9.90 Å². The van der Waals surface area contributed by atoms with Crippen LogP contribution in [0.1, 0.15) is 9.67 Å². The Kier molecular flexibility index (Phi) is 5.32. The number of nitrogens with zero attached hydrogens (tertiary/aromatic N) is 2. The molecule has 6 heteroatoms. The Balaban J connectivity index is 1.79. The summed E-state index contributed by atoms with van der Waals surface area (Å²) in [5, 5.41) is 8.87. The van der Waals surface area contributed by atoms with Gasteiger partial charge >= 0.3 is 0 Å². The second kappa shape index (κ2) is 6.77. The van der Waals surface area contributed by atoms with Gasteiger partial charge < -0.3 is 5.11 Å². The number of hydrogen-bond acceptors (Lipinski definition) is 5. The van der Waals surface area contributed by atoms with Gasteiger partial charge in [-0.05, 0) is 28.1 Å². The Labute approximate surface area is 119 Å². The van der Waals surface area contributed by atoms with Gasteiger partial charge in [0, 0.05) is 32.7 Å². The van der Waals surface area contributed by atoms with Crippen LogP contribution in [0.5, 0.6) is 0 Å². The number of piperazine rings is 1. The molecule has 1 aromatic rings. The zero-order valence-electron chi connectivity index (χ0n) is 10.1. The van der Waals surface area contributed by atoms with Gasteiger partial charge in [-0.15, -0.1) is 11.3 Å². The summed E-state index contributed by atoms with van der Waals surface area (Å²) in [5.74, 6) is 0.196. The Morgan fingerprint density at radius 1 is 1.28 bits per heavy atom. The van der Waals surface area contributed by atoms with Crippen LogP contribution in [0.3, 0.4) is 0 Å². The average molecular weight is 333 g/mol. The molecular weight excluding hydrogens is 316 g/mol. The lowest BCUT2D eigenvalue weighted by molar-refractivity contribution is 0.0826. The number of carbonyl (C=O) groups is 1. The fourth-order valence-electron chi connectivity index (χ4n) is 2.06. The van der Waals surface area contributed by atoms with Gasteiger partial charge in [0.15, 0.2) is 5.78 Å². The van der Waals surface area contributed by atoms with E-state index in [0.717, 1.165) is 41.4 Å². The smallest absolute Gasteiger partial charge is 0.186 e. The molecule has 1 aromatic heterocycles. The van der Waals surface area contributed by atoms with Crippen molar-refractivity contribution in [2.45, 2.75) is 0 Å². The van der Waals surface area contributed by atoms with Crippen LogP contribution in [0.4, 0.5) is 0 Å². The van der Waals surface area contributed by atoms with Crippen LogP contribution in [0, 0.1) is 0 Å². The lowest BCUT2D eigenvalue weighted by atomic mass is 10.2. The van der Waals surface area contributed by atoms with E-state index < -0.39 is 0 Å². The number of rotatable bonds is 5. The zero-order valence-corrected chi connectivity index (χ0v) is 12.5. The number of thiophene rings is 1. The molecule has 2 rings (SSSR count). The first-order valence-electron chi connectivity index (χ1n) is 6.03. The van der Waals surface area contributed by atoms with Gasteiger partial charge in [0.1, 0.15) is 0 Å². The highest BCUT2D eigenvalue weighted by molar-refractivity contribution is 9.11. The number of ketones is 1. The maximum atomic E-state index is 12.0. The number of aliphatic hydroxyl groups is 1. The Hall–Kier alpha value is -0.270. The molecule has 0 radical (unpaired) electrons. The van der Waals surface area contributed by atoms with Gasteiger partial charge in [-0.2, -0.15) is 0 Å². The summed E-state index contributed by atoms with van der Waals surface area (Å²) < 4.78 is 0.999. The summed E-state index contributed by atoms with van der Waals surface area (Å²) in [6.45, 7) is 5.11. The minimum absolute atomic E-state index is 0.196. The zero-order chi connectivity index (χ0) is 13.0. The Morgan fingerprint density at radius 2 is 1.94 bits per heavy atom. The maximum Gasteiger partial charge on any atom is 0.186 e. The van der Waals surface area contributed by atoms with E-state index in [1.165, 1.54) is 11.3 Å². The van der Waals surface area contributed by atoms with E-state index in [2.05, 4.69) is 25.7 Å². The first-order chi connectivity index (χ1) is 8.69. The number of halogens is 1. The number of aliphatic hydroxyl groups excluding tert-OH is 1. The molecule has 2 heterocycles. The van der Waals surface area contributed by atoms with Crippen LogP contribution < -0.4 is 0 Å². The summed E-state index contributed by atoms with van der Waals surface area (Å²) in [4.78, 5) is 17.3. The molecule has 1 fully saturated rings. The molecule has 0 saturated carbocycles. The van der Waals surface area contributed by atoms with E-state index in [1.807, 2.05) is 12.1 Å². The van der Waals surface area contributed by atoms with Gasteiger partial charge in [0.25, 0.3) is 0 Å². The van der Waals surface area contributed by atoms with Crippen molar-refractivity contribution >= 4 is 33.0 Å². The van der Waals surface area contributed by atoms with Crippen LogP contribution in [0.15, 0.2) is 15.9 Å². The average Bonchev–Trinajstić information content (AvgIpc) is 2.79. The molecule has 0 atom stereocenters. The summed E-state index contributed by atoms with van der Waals surface area (Å²) in [6.07, 6.45) is 0. The number of hydrogen-bond donors (Lipinski definition) is 1. The monoisotopic (exact) mass is 332 g/mol. The number of Topliss-reactive ketones (excluding diaryl/α,β-unsaturated/α-hetero) is 1. The highest BCUT2D eigenvalue weighted by atomic mass is 79.9. The van der Waals surface area contributed by atoms with E-state index >= 15 is 0 Å². The minimum Gasteiger partial charge on any atom is -0.395 e. The standard InChI is InChI=1S/C12H17BrN2O2S/c13-12-2-1-11(18-12)10(17)9-15-5-3-14(4-6-15)7-8-16/h1-2,16H,3-9H2. The van der Waals surface area contributed by atoms with Crippen molar-refractivity contribution in [3.63, 3.8) is 0 Å². The summed E-state index contributed by atoms with van der Waals surface area (Å²) in [5.41, 5.74) is 0. The van der Waals surface area contributed by atoms with Crippen molar-refractivity contribution in [3.05, 3.63) is 20.8 Å². The topological polar surface area (TPSA) is 43.8 Å². The van der Waals surface area contributed by atoms with Crippen LogP contribution in [-0.2, 0) is 0 Å². The third kappa shape index (κ3) is 3.86. The SMILES string of the molecule is O=C(CN1CCN(CCO)CC1)c1ccc(Br)s1. The Bertz CT molecular complexity index is 403. The second-order valence-corrected chi connectivity index (χ2v) is 6.83. The van der Waals surface area contributed by atoms with Crippen molar-refractivity contribution in [2.24, 2.45) is 0 Å². The Morgan fingerprint density at radius 3 is 2.50 bits per heavy atom. The first-order valence-corrected chi connectivity index (χ1v) is 7.64. The molecule has 4 nitrogen and oxygen atoms in total. The van der Waals surface area contributed by atoms with Gasteiger partial charge in [0.05, 0.1) is 21.8 Å². The van der Waals surface area contributed by atoms with Crippen LogP contribution >= 0.6 is 27.3 Å². The number of β-amino-alcohol motifs (C(OH)–C–C–N with tert-alkyl or cyclic N) is 1. The van der Waals surface area contributed by atoms with E-state index in [4.69, 9.17) is 5.11 Å². The molecule has 1 aliphatic heterocycles. The van der Waals surface area contributed by atoms with E-state index in [9.17, 15) is 4.79 Å². The maximum absolute atomic E-state index is 12.0. The van der Waals surface area contributed by atoms with Gasteiger partial charge in [-0.25, -0.2) is 0 Å². The number of carbonyl (C=O) groups excluding carboxylic acids is 1. The van der Waals surface area contributed by atoms with E-state index in [0.29, 0.717) is 6.54 Å². The van der Waals surface area contributed by atoms with Crippen molar-refractivity contribution in [1.29, 1.82) is 0 Å². The largest absolute Gasteiger partial charge is 0.395 e. The quantitative estimate of drug-likeness (QED) is 0.825. The van der Waals surface area contributed by atoms with Crippen LogP contribution in [0.2, 0.25) is 0 Å². The molecule has 1 N–H and O–H groups in total. The van der Waals surface area contributed by atoms with E-state index in [-0.39, 0.29) is 12.4 Å². The van der Waals surface area contributed by atoms with Crippen LogP contribution in [0.25, 0.3) is 0 Å². The minimum atomic E-state index is 0.196. The molecule has 0 aliphatic carbocycles. The fourth-order valence-corrected chi connectivity index (χ4v) is 3.37. The molecule has 100 valence electrons. The molecule has 0 spiro atoms. The molecule has 1 aliphatic rings. The van der Waals surface area contributed by atoms with Gasteiger partial charge in [-0.1, -0.05) is 0 Å². The van der Waals surface area contributed by atoms with Crippen molar-refractivity contribution in [3.8, 4) is 0 Å². The van der Waals surface area contributed by atoms with Crippen molar-refractivity contribution in [1.82, 2.24) is 9.80 Å². The highest BCUT2D eigenvalue weighted by Crippen LogP contribution is 2.22. The van der Waals surface area contributed by atoms with Crippen molar-refractivity contribution in [2.75, 3.05) is 45.9 Å². The van der Waals surface area contributed by atoms with E-state index in [1.54, 1.807) is 0 Å². The third-order valence-corrected chi connectivity index (χ3v) is 4.76. The lowest BCUT2D eigenvalue weighted by Crippen LogP contribution is -2.48. The summed E-state index contributed by atoms with van der Waals surface area (Å²) in [7, 11) is 0. The van der Waals surface area contributed by atoms with Gasteiger partial charge in [-0.3, -0.25) is 14.6 Å². The highest BCUT2D eigenvalue weighted by Gasteiger charge is 2.19. The predicted octanol–water partition coefficient (Wildman–Crippen LogP) is 1.30. The summed E-state index contributed by atoms with van der Waals surface area (Å²) >= 11 is 4.86. The molecule has 0 aromatic carbocycles. The normalized spacial score (nSPS) is 18.1. The first kappa shape index (κ1) is 14.1.